The molecule has 1 saturated carbocycles. The Kier molecular flexibility index (Phi) is 5.46. The summed E-state index contributed by atoms with van der Waals surface area (Å²) in [6.07, 6.45) is 7.98. The van der Waals surface area contributed by atoms with Crippen molar-refractivity contribution in [3.05, 3.63) is 35.1 Å². The Morgan fingerprint density at radius 3 is 2.28 bits per heavy atom. The second kappa shape index (κ2) is 6.93. The highest BCUT2D eigenvalue weighted by Crippen LogP contribution is 2.60. The van der Waals surface area contributed by atoms with E-state index in [2.05, 4.69) is 33.8 Å². The molecule has 0 aromatic rings. The van der Waals surface area contributed by atoms with E-state index >= 15 is 0 Å². The molecule has 0 aromatic carbocycles. The Morgan fingerprint density at radius 1 is 1.16 bits per heavy atom. The number of allylic oxidation sites excluding steroid dienone is 6. The highest BCUT2D eigenvalue weighted by Gasteiger charge is 2.64. The van der Waals surface area contributed by atoms with Gasteiger partial charge in [0.15, 0.2) is 11.6 Å². The number of ketones is 2. The summed E-state index contributed by atoms with van der Waals surface area (Å²) >= 11 is 0. The molecule has 2 aliphatic carbocycles. The summed E-state index contributed by atoms with van der Waals surface area (Å²) in [5.41, 5.74) is 1.03. The fourth-order valence-electron chi connectivity index (χ4n) is 4.48. The molecule has 0 spiro atoms. The SMILES string of the molecule is COC1=CC(=O)[C@]2(CC=C(C)C)C(=O)C1CC(CC=C(C)C)C2(C)C. The Labute approximate surface area is 152 Å². The van der Waals surface area contributed by atoms with Gasteiger partial charge in [0, 0.05) is 6.08 Å². The average Bonchev–Trinajstić information content (AvgIpc) is 2.50. The van der Waals surface area contributed by atoms with Crippen molar-refractivity contribution in [2.24, 2.45) is 22.7 Å². The molecule has 2 aliphatic rings. The van der Waals surface area contributed by atoms with Gasteiger partial charge in [-0.3, -0.25) is 9.59 Å². The van der Waals surface area contributed by atoms with Crippen LogP contribution in [-0.2, 0) is 14.3 Å². The van der Waals surface area contributed by atoms with Gasteiger partial charge >= 0.3 is 0 Å². The minimum absolute atomic E-state index is 0.0489. The highest BCUT2D eigenvalue weighted by atomic mass is 16.5. The number of ether oxygens (including phenoxy) is 1. The van der Waals surface area contributed by atoms with E-state index in [9.17, 15) is 9.59 Å². The van der Waals surface area contributed by atoms with Gasteiger partial charge in [-0.05, 0) is 58.3 Å². The quantitative estimate of drug-likeness (QED) is 0.519. The first-order chi connectivity index (χ1) is 11.6. The first kappa shape index (κ1) is 19.7. The summed E-state index contributed by atoms with van der Waals surface area (Å²) < 4.78 is 5.42. The van der Waals surface area contributed by atoms with Crippen LogP contribution in [0, 0.1) is 22.7 Å². The zero-order chi connectivity index (χ0) is 19.0. The molecule has 0 heterocycles. The maximum absolute atomic E-state index is 13.4. The average molecular weight is 344 g/mol. The van der Waals surface area contributed by atoms with Gasteiger partial charge in [-0.1, -0.05) is 37.1 Å². The molecule has 1 fully saturated rings. The molecule has 2 rings (SSSR count). The molecule has 2 bridgehead atoms. The Balaban J connectivity index is 2.61. The number of methoxy groups -OCH3 is 1. The number of hydrogen-bond donors (Lipinski definition) is 0. The van der Waals surface area contributed by atoms with Crippen molar-refractivity contribution >= 4 is 11.6 Å². The van der Waals surface area contributed by atoms with Crippen LogP contribution in [0.5, 0.6) is 0 Å². The Morgan fingerprint density at radius 2 is 1.76 bits per heavy atom. The van der Waals surface area contributed by atoms with Crippen LogP contribution in [0.15, 0.2) is 35.1 Å². The smallest absolute Gasteiger partial charge is 0.173 e. The molecule has 0 amide bonds. The zero-order valence-electron chi connectivity index (χ0n) is 16.7. The van der Waals surface area contributed by atoms with E-state index in [1.54, 1.807) is 13.2 Å². The number of fused-ring (bicyclic) bond motifs is 2. The monoisotopic (exact) mass is 344 g/mol. The molecule has 3 atom stereocenters. The Bertz CT molecular complexity index is 655. The topological polar surface area (TPSA) is 43.4 Å². The third-order valence-corrected chi connectivity index (χ3v) is 6.28. The van der Waals surface area contributed by atoms with Crippen molar-refractivity contribution < 1.29 is 14.3 Å². The second-order valence-electron chi connectivity index (χ2n) is 8.59. The summed E-state index contributed by atoms with van der Waals surface area (Å²) in [5, 5.41) is 0. The van der Waals surface area contributed by atoms with Crippen molar-refractivity contribution in [3.63, 3.8) is 0 Å². The van der Waals surface area contributed by atoms with Crippen molar-refractivity contribution in [1.29, 1.82) is 0 Å². The van der Waals surface area contributed by atoms with Gasteiger partial charge in [0.05, 0.1) is 13.0 Å². The van der Waals surface area contributed by atoms with Crippen LogP contribution in [-0.4, -0.2) is 18.7 Å². The predicted molar refractivity (Wildman–Crippen MR) is 101 cm³/mol. The van der Waals surface area contributed by atoms with Crippen LogP contribution >= 0.6 is 0 Å². The van der Waals surface area contributed by atoms with Gasteiger partial charge in [-0.15, -0.1) is 0 Å². The summed E-state index contributed by atoms with van der Waals surface area (Å²) in [5.74, 6) is 0.471. The molecule has 138 valence electrons. The summed E-state index contributed by atoms with van der Waals surface area (Å²) in [4.78, 5) is 26.6. The van der Waals surface area contributed by atoms with E-state index in [4.69, 9.17) is 4.74 Å². The molecule has 0 aromatic heterocycles. The molecule has 2 unspecified atom stereocenters. The van der Waals surface area contributed by atoms with Gasteiger partial charge < -0.3 is 4.74 Å². The second-order valence-corrected chi connectivity index (χ2v) is 8.59. The van der Waals surface area contributed by atoms with E-state index in [1.807, 2.05) is 19.9 Å². The number of rotatable bonds is 5. The maximum atomic E-state index is 13.4. The lowest BCUT2D eigenvalue weighted by molar-refractivity contribution is -0.162. The summed E-state index contributed by atoms with van der Waals surface area (Å²) in [7, 11) is 1.56. The minimum atomic E-state index is -0.977. The lowest BCUT2D eigenvalue weighted by atomic mass is 9.45. The lowest BCUT2D eigenvalue weighted by Crippen LogP contribution is -2.61. The van der Waals surface area contributed by atoms with Gasteiger partial charge in [0.2, 0.25) is 0 Å². The normalized spacial score (nSPS) is 30.4. The summed E-state index contributed by atoms with van der Waals surface area (Å²) in [6.45, 7) is 12.4. The maximum Gasteiger partial charge on any atom is 0.173 e. The predicted octanol–water partition coefficient (Wildman–Crippen LogP) is 5.03. The number of carbonyl (C=O) groups excluding carboxylic acids is 2. The lowest BCUT2D eigenvalue weighted by Gasteiger charge is -2.55. The molecule has 3 nitrogen and oxygen atoms in total. The third-order valence-electron chi connectivity index (χ3n) is 6.28. The van der Waals surface area contributed by atoms with Crippen LogP contribution in [0.1, 0.15) is 60.8 Å². The number of Topliss-reactive ketones (excluding diaryl/α,β-unsaturated/α-hetero) is 1. The number of hydrogen-bond acceptors (Lipinski definition) is 3. The molecule has 0 N–H and O–H groups in total. The molecule has 3 heteroatoms. The molecule has 0 radical (unpaired) electrons. The van der Waals surface area contributed by atoms with Gasteiger partial charge in [-0.25, -0.2) is 0 Å². The largest absolute Gasteiger partial charge is 0.500 e. The van der Waals surface area contributed by atoms with Gasteiger partial charge in [0.25, 0.3) is 0 Å². The standard InChI is InChI=1S/C22H32O3/c1-14(2)8-9-16-12-17-18(25-7)13-19(23)22(20(17)24,21(16,5)6)11-10-15(3)4/h8,10,13,16-17H,9,11-12H2,1-7H3/t16?,17?,22-/m1/s1. The van der Waals surface area contributed by atoms with E-state index in [-0.39, 0.29) is 23.4 Å². The molecule has 0 aliphatic heterocycles. The molecular weight excluding hydrogens is 312 g/mol. The molecular formula is C22H32O3. The first-order valence-corrected chi connectivity index (χ1v) is 9.19. The van der Waals surface area contributed by atoms with Crippen molar-refractivity contribution in [2.45, 2.75) is 60.8 Å². The summed E-state index contributed by atoms with van der Waals surface area (Å²) in [6, 6.07) is 0. The van der Waals surface area contributed by atoms with E-state index in [0.29, 0.717) is 12.2 Å². The van der Waals surface area contributed by atoms with Crippen LogP contribution in [0.4, 0.5) is 0 Å². The Hall–Kier alpha value is -1.64. The fraction of sp³-hybridized carbons (Fsp3) is 0.636. The van der Waals surface area contributed by atoms with E-state index in [0.717, 1.165) is 18.4 Å². The van der Waals surface area contributed by atoms with Gasteiger partial charge in [0.1, 0.15) is 11.2 Å². The van der Waals surface area contributed by atoms with Crippen molar-refractivity contribution in [3.8, 4) is 0 Å². The third kappa shape index (κ3) is 3.14. The first-order valence-electron chi connectivity index (χ1n) is 9.19. The van der Waals surface area contributed by atoms with Crippen LogP contribution in [0.3, 0.4) is 0 Å². The highest BCUT2D eigenvalue weighted by molar-refractivity contribution is 6.17. The van der Waals surface area contributed by atoms with Crippen LogP contribution < -0.4 is 0 Å². The van der Waals surface area contributed by atoms with E-state index < -0.39 is 10.8 Å². The van der Waals surface area contributed by atoms with E-state index in [1.165, 1.54) is 5.57 Å². The zero-order valence-corrected chi connectivity index (χ0v) is 16.7. The fourth-order valence-corrected chi connectivity index (χ4v) is 4.48. The van der Waals surface area contributed by atoms with Crippen molar-refractivity contribution in [1.82, 2.24) is 0 Å². The number of carbonyl (C=O) groups is 2. The minimum Gasteiger partial charge on any atom is -0.500 e. The van der Waals surface area contributed by atoms with Crippen LogP contribution in [0.25, 0.3) is 0 Å². The van der Waals surface area contributed by atoms with Crippen LogP contribution in [0.2, 0.25) is 0 Å². The van der Waals surface area contributed by atoms with Crippen molar-refractivity contribution in [2.75, 3.05) is 7.11 Å². The van der Waals surface area contributed by atoms with Gasteiger partial charge in [-0.2, -0.15) is 0 Å². The molecule has 0 saturated heterocycles. The molecule has 25 heavy (non-hydrogen) atoms.